The molecule has 0 aliphatic rings. The molecule has 146 valence electrons. The summed E-state index contributed by atoms with van der Waals surface area (Å²) in [6.45, 7) is 6.71. The third-order valence-corrected chi connectivity index (χ3v) is 5.61. The molecule has 0 heterocycles. The Kier molecular flexibility index (Phi) is 10.9. The first-order valence-electron chi connectivity index (χ1n) is 10.4. The number of benzene rings is 2. The van der Waals surface area contributed by atoms with Gasteiger partial charge in [-0.2, -0.15) is 0 Å². The van der Waals surface area contributed by atoms with Crippen LogP contribution in [0.15, 0.2) is 30.3 Å². The van der Waals surface area contributed by atoms with Crippen LogP contribution in [-0.2, 0) is 0 Å². The first-order chi connectivity index (χ1) is 12.1. The molecule has 26 heavy (non-hydrogen) atoms. The Morgan fingerprint density at radius 3 is 2.08 bits per heavy atom. The van der Waals surface area contributed by atoms with Crippen molar-refractivity contribution in [1.82, 2.24) is 0 Å². The molecule has 0 spiro atoms. The first-order valence-corrected chi connectivity index (χ1v) is 10.4. The molecule has 0 aliphatic heterocycles. The summed E-state index contributed by atoms with van der Waals surface area (Å²) in [5, 5.41) is 2.66. The molecule has 0 saturated heterocycles. The Morgan fingerprint density at radius 1 is 0.846 bits per heavy atom. The van der Waals surface area contributed by atoms with Crippen molar-refractivity contribution >= 4 is 23.2 Å². The minimum Gasteiger partial charge on any atom is -0.324 e. The van der Waals surface area contributed by atoms with Gasteiger partial charge in [0.1, 0.15) is 0 Å². The third kappa shape index (κ3) is 6.59. The zero-order valence-corrected chi connectivity index (χ0v) is 17.8. The summed E-state index contributed by atoms with van der Waals surface area (Å²) in [5.41, 5.74) is 10.7. The van der Waals surface area contributed by atoms with Crippen LogP contribution in [0.4, 0.5) is 0 Å². The number of nitrogens with two attached hydrogens (primary N) is 1. The van der Waals surface area contributed by atoms with Gasteiger partial charge in [0.15, 0.2) is 0 Å². The minimum atomic E-state index is 0. The van der Waals surface area contributed by atoms with Gasteiger partial charge in [0.05, 0.1) is 0 Å². The zero-order valence-electron chi connectivity index (χ0n) is 17.0. The Balaban J connectivity index is 0.00000338. The van der Waals surface area contributed by atoms with Gasteiger partial charge in [-0.25, -0.2) is 0 Å². The molecule has 0 aromatic heterocycles. The molecule has 2 aromatic carbocycles. The van der Waals surface area contributed by atoms with Gasteiger partial charge in [-0.3, -0.25) is 0 Å². The smallest absolute Gasteiger partial charge is 0.0303 e. The van der Waals surface area contributed by atoms with Crippen LogP contribution < -0.4 is 5.73 Å². The van der Waals surface area contributed by atoms with Crippen molar-refractivity contribution in [3.05, 3.63) is 47.0 Å². The van der Waals surface area contributed by atoms with E-state index in [2.05, 4.69) is 51.1 Å². The van der Waals surface area contributed by atoms with Crippen LogP contribution in [0.5, 0.6) is 0 Å². The Bertz CT molecular complexity index is 650. The average molecular weight is 376 g/mol. The molecule has 0 radical (unpaired) electrons. The summed E-state index contributed by atoms with van der Waals surface area (Å²) in [6, 6.07) is 11.1. The molecule has 0 bridgehead atoms. The molecule has 0 fully saturated rings. The topological polar surface area (TPSA) is 26.0 Å². The summed E-state index contributed by atoms with van der Waals surface area (Å²) >= 11 is 0. The van der Waals surface area contributed by atoms with Gasteiger partial charge >= 0.3 is 0 Å². The molecule has 0 amide bonds. The van der Waals surface area contributed by atoms with Crippen LogP contribution in [0.25, 0.3) is 10.8 Å². The first kappa shape index (κ1) is 23.0. The van der Waals surface area contributed by atoms with E-state index < -0.39 is 0 Å². The Morgan fingerprint density at radius 2 is 1.42 bits per heavy atom. The molecule has 2 aromatic rings. The van der Waals surface area contributed by atoms with Crippen LogP contribution >= 0.6 is 12.4 Å². The lowest BCUT2D eigenvalue weighted by molar-refractivity contribution is 0.532. The monoisotopic (exact) mass is 375 g/mol. The lowest BCUT2D eigenvalue weighted by atomic mass is 9.89. The molecule has 1 nitrogen and oxygen atoms in total. The van der Waals surface area contributed by atoms with Gasteiger partial charge in [0.25, 0.3) is 0 Å². The van der Waals surface area contributed by atoms with Crippen LogP contribution in [0.1, 0.15) is 93.9 Å². The van der Waals surface area contributed by atoms with Crippen LogP contribution in [-0.4, -0.2) is 0 Å². The summed E-state index contributed by atoms with van der Waals surface area (Å²) < 4.78 is 0. The molecule has 2 rings (SSSR count). The maximum absolute atomic E-state index is 6.63. The maximum Gasteiger partial charge on any atom is 0.0303 e. The van der Waals surface area contributed by atoms with Crippen molar-refractivity contribution in [3.8, 4) is 0 Å². The normalized spacial score (nSPS) is 12.2. The standard InChI is InChI=1S/C24H37N.ClH/c1-4-5-6-7-8-9-10-11-12-17-23(25)24-20(3)19(2)18-21-15-13-14-16-22(21)24;/h13-16,18,23H,4-12,17,25H2,1-3H3;1H. The second-order valence-electron chi connectivity index (χ2n) is 7.68. The summed E-state index contributed by atoms with van der Waals surface area (Å²) in [6.07, 6.45) is 13.4. The second-order valence-corrected chi connectivity index (χ2v) is 7.68. The molecule has 1 unspecified atom stereocenters. The largest absolute Gasteiger partial charge is 0.324 e. The number of unbranched alkanes of at least 4 members (excludes halogenated alkanes) is 8. The van der Waals surface area contributed by atoms with Gasteiger partial charge in [-0.1, -0.05) is 95.0 Å². The lowest BCUT2D eigenvalue weighted by Crippen LogP contribution is -2.13. The highest BCUT2D eigenvalue weighted by Crippen LogP contribution is 2.31. The molecule has 0 saturated carbocycles. The van der Waals surface area contributed by atoms with Crippen molar-refractivity contribution in [2.75, 3.05) is 0 Å². The summed E-state index contributed by atoms with van der Waals surface area (Å²) in [4.78, 5) is 0. The molecular formula is C24H38ClN. The van der Waals surface area contributed by atoms with E-state index in [1.807, 2.05) is 0 Å². The van der Waals surface area contributed by atoms with E-state index in [1.54, 1.807) is 0 Å². The van der Waals surface area contributed by atoms with Crippen LogP contribution in [0.3, 0.4) is 0 Å². The second kappa shape index (κ2) is 12.4. The van der Waals surface area contributed by atoms with E-state index in [-0.39, 0.29) is 18.4 Å². The highest BCUT2D eigenvalue weighted by atomic mass is 35.5. The van der Waals surface area contributed by atoms with Gasteiger partial charge < -0.3 is 5.73 Å². The van der Waals surface area contributed by atoms with Gasteiger partial charge in [0, 0.05) is 6.04 Å². The van der Waals surface area contributed by atoms with E-state index >= 15 is 0 Å². The van der Waals surface area contributed by atoms with Crippen molar-refractivity contribution < 1.29 is 0 Å². The predicted molar refractivity (Wildman–Crippen MR) is 119 cm³/mol. The van der Waals surface area contributed by atoms with Gasteiger partial charge in [-0.15, -0.1) is 12.4 Å². The van der Waals surface area contributed by atoms with E-state index in [1.165, 1.54) is 85.3 Å². The molecular weight excluding hydrogens is 338 g/mol. The van der Waals surface area contributed by atoms with E-state index in [0.717, 1.165) is 6.42 Å². The lowest BCUT2D eigenvalue weighted by Gasteiger charge is -2.19. The fourth-order valence-electron chi connectivity index (χ4n) is 3.92. The highest BCUT2D eigenvalue weighted by Gasteiger charge is 2.14. The Hall–Kier alpha value is -1.05. The SMILES string of the molecule is CCCCCCCCCCCC(N)c1c(C)c(C)cc2ccccc12.Cl. The van der Waals surface area contributed by atoms with Crippen molar-refractivity contribution in [2.24, 2.45) is 5.73 Å². The number of hydrogen-bond acceptors (Lipinski definition) is 1. The van der Waals surface area contributed by atoms with E-state index in [4.69, 9.17) is 5.73 Å². The Labute approximate surface area is 167 Å². The third-order valence-electron chi connectivity index (χ3n) is 5.61. The number of aryl methyl sites for hydroxylation is 1. The van der Waals surface area contributed by atoms with Gasteiger partial charge in [0.2, 0.25) is 0 Å². The number of hydrogen-bond donors (Lipinski definition) is 1. The summed E-state index contributed by atoms with van der Waals surface area (Å²) in [5.74, 6) is 0. The zero-order chi connectivity index (χ0) is 18.1. The van der Waals surface area contributed by atoms with E-state index in [0.29, 0.717) is 0 Å². The number of halogens is 1. The van der Waals surface area contributed by atoms with Crippen LogP contribution in [0, 0.1) is 13.8 Å². The quantitative estimate of drug-likeness (QED) is 0.398. The predicted octanol–water partition coefficient (Wildman–Crippen LogP) is 7.80. The average Bonchev–Trinajstić information content (AvgIpc) is 2.61. The molecule has 1 atom stereocenters. The van der Waals surface area contributed by atoms with Crippen LogP contribution in [0.2, 0.25) is 0 Å². The number of fused-ring (bicyclic) bond motifs is 1. The minimum absolute atomic E-state index is 0. The molecule has 0 aliphatic carbocycles. The summed E-state index contributed by atoms with van der Waals surface area (Å²) in [7, 11) is 0. The van der Waals surface area contributed by atoms with Gasteiger partial charge in [-0.05, 0) is 47.7 Å². The van der Waals surface area contributed by atoms with Crippen molar-refractivity contribution in [3.63, 3.8) is 0 Å². The fraction of sp³-hybridized carbons (Fsp3) is 0.583. The number of rotatable bonds is 11. The molecule has 2 heteroatoms. The fourth-order valence-corrected chi connectivity index (χ4v) is 3.92. The highest BCUT2D eigenvalue weighted by molar-refractivity contribution is 5.88. The maximum atomic E-state index is 6.63. The molecule has 2 N–H and O–H groups in total. The van der Waals surface area contributed by atoms with Crippen molar-refractivity contribution in [1.29, 1.82) is 0 Å². The van der Waals surface area contributed by atoms with E-state index in [9.17, 15) is 0 Å². The van der Waals surface area contributed by atoms with Crippen molar-refractivity contribution in [2.45, 2.75) is 91.0 Å².